The molecule has 108 valence electrons. The molecule has 0 amide bonds. The molecule has 10 heteroatoms. The second-order valence-corrected chi connectivity index (χ2v) is 3.02. The molecule has 2 atom stereocenters. The van der Waals surface area contributed by atoms with Crippen LogP contribution in [0.25, 0.3) is 0 Å². The molecule has 0 aliphatic heterocycles. The molecule has 0 radical (unpaired) electrons. The predicted octanol–water partition coefficient (Wildman–Crippen LogP) is 1.27. The van der Waals surface area contributed by atoms with E-state index in [2.05, 4.69) is 20.9 Å². The third kappa shape index (κ3) is 6.19. The first-order chi connectivity index (χ1) is 8.09. The van der Waals surface area contributed by atoms with Gasteiger partial charge in [0.2, 0.25) is 12.6 Å². The molecule has 0 fully saturated rings. The van der Waals surface area contributed by atoms with E-state index in [0.717, 1.165) is 12.2 Å². The zero-order chi connectivity index (χ0) is 14.4. The minimum atomic E-state index is -4.18. The van der Waals surface area contributed by atoms with E-state index < -0.39 is 38.0 Å². The summed E-state index contributed by atoms with van der Waals surface area (Å²) in [7, 11) is 0. The van der Waals surface area contributed by atoms with Gasteiger partial charge in [0.15, 0.2) is 0 Å². The maximum Gasteiger partial charge on any atom is 0.400 e. The number of rotatable bonds is 8. The smallest absolute Gasteiger partial charge is 0.313 e. The van der Waals surface area contributed by atoms with Crippen molar-refractivity contribution in [1.29, 1.82) is 0 Å². The number of hydrogen-bond acceptors (Lipinski definition) is 4. The van der Waals surface area contributed by atoms with E-state index in [-0.39, 0.29) is 0 Å². The zero-order valence-electron chi connectivity index (χ0n) is 8.96. The number of alkyl halides is 6. The SMILES string of the molecule is NC(F)C(F)(F)OC/C=C\COC(F)(F)C(N)F. The lowest BCUT2D eigenvalue weighted by molar-refractivity contribution is -0.268. The molecule has 0 rings (SSSR count). The van der Waals surface area contributed by atoms with Crippen molar-refractivity contribution in [1.82, 2.24) is 0 Å². The Morgan fingerprint density at radius 2 is 1.11 bits per heavy atom. The summed E-state index contributed by atoms with van der Waals surface area (Å²) < 4.78 is 80.9. The van der Waals surface area contributed by atoms with Gasteiger partial charge in [-0.15, -0.1) is 0 Å². The molecule has 4 nitrogen and oxygen atoms in total. The molecule has 0 aromatic heterocycles. The second kappa shape index (κ2) is 6.92. The first kappa shape index (κ1) is 17.2. The Bertz CT molecular complexity index is 246. The number of hydrogen-bond donors (Lipinski definition) is 2. The van der Waals surface area contributed by atoms with Crippen LogP contribution in [0.1, 0.15) is 0 Å². The fourth-order valence-corrected chi connectivity index (χ4v) is 0.614. The van der Waals surface area contributed by atoms with E-state index in [4.69, 9.17) is 0 Å². The van der Waals surface area contributed by atoms with Gasteiger partial charge in [0.25, 0.3) is 0 Å². The Balaban J connectivity index is 3.87. The largest absolute Gasteiger partial charge is 0.400 e. The lowest BCUT2D eigenvalue weighted by Gasteiger charge is -2.17. The average molecular weight is 282 g/mol. The standard InChI is InChI=1S/C8H12F6N2O2/c9-5(15)7(11,12)17-3-1-2-4-18-8(13,14)6(10)16/h1-2,5-6H,3-4,15-16H2/b2-1-. The zero-order valence-corrected chi connectivity index (χ0v) is 8.96. The molecular weight excluding hydrogens is 270 g/mol. The highest BCUT2D eigenvalue weighted by molar-refractivity contribution is 4.82. The quantitative estimate of drug-likeness (QED) is 0.399. The van der Waals surface area contributed by atoms with Crippen molar-refractivity contribution in [2.24, 2.45) is 11.5 Å². The summed E-state index contributed by atoms with van der Waals surface area (Å²) in [5, 5.41) is 0. The first-order valence-electron chi connectivity index (χ1n) is 4.57. The molecule has 0 spiro atoms. The molecule has 0 aliphatic rings. The fraction of sp³-hybridized carbons (Fsp3) is 0.750. The molecule has 0 saturated heterocycles. The topological polar surface area (TPSA) is 70.5 Å². The van der Waals surface area contributed by atoms with Gasteiger partial charge in [-0.05, 0) is 0 Å². The van der Waals surface area contributed by atoms with Gasteiger partial charge in [0.05, 0.1) is 13.2 Å². The summed E-state index contributed by atoms with van der Waals surface area (Å²) >= 11 is 0. The lowest BCUT2D eigenvalue weighted by Crippen LogP contribution is -2.40. The van der Waals surface area contributed by atoms with Crippen LogP contribution in [0.2, 0.25) is 0 Å². The minimum absolute atomic E-state index is 0.790. The van der Waals surface area contributed by atoms with Crippen molar-refractivity contribution in [2.75, 3.05) is 13.2 Å². The molecule has 0 aromatic rings. The van der Waals surface area contributed by atoms with E-state index >= 15 is 0 Å². The van der Waals surface area contributed by atoms with Gasteiger partial charge in [-0.2, -0.15) is 17.6 Å². The van der Waals surface area contributed by atoms with E-state index in [1.54, 1.807) is 0 Å². The molecular formula is C8H12F6N2O2. The van der Waals surface area contributed by atoms with Crippen LogP contribution in [-0.2, 0) is 9.47 Å². The summed E-state index contributed by atoms with van der Waals surface area (Å²) in [4.78, 5) is 0. The summed E-state index contributed by atoms with van der Waals surface area (Å²) in [6, 6.07) is 0. The minimum Gasteiger partial charge on any atom is -0.313 e. The molecule has 18 heavy (non-hydrogen) atoms. The van der Waals surface area contributed by atoms with Crippen molar-refractivity contribution >= 4 is 0 Å². The Kier molecular flexibility index (Phi) is 6.60. The van der Waals surface area contributed by atoms with E-state index in [1.807, 2.05) is 0 Å². The highest BCUT2D eigenvalue weighted by Gasteiger charge is 2.39. The predicted molar refractivity (Wildman–Crippen MR) is 49.1 cm³/mol. The highest BCUT2D eigenvalue weighted by atomic mass is 19.3. The molecule has 0 aromatic carbocycles. The van der Waals surface area contributed by atoms with E-state index in [1.165, 1.54) is 0 Å². The van der Waals surface area contributed by atoms with Crippen molar-refractivity contribution in [3.8, 4) is 0 Å². The van der Waals surface area contributed by atoms with Crippen molar-refractivity contribution in [3.63, 3.8) is 0 Å². The van der Waals surface area contributed by atoms with Gasteiger partial charge >= 0.3 is 12.2 Å². The van der Waals surface area contributed by atoms with Gasteiger partial charge in [-0.25, -0.2) is 8.78 Å². The van der Waals surface area contributed by atoms with Crippen molar-refractivity contribution < 1.29 is 35.8 Å². The van der Waals surface area contributed by atoms with E-state index in [9.17, 15) is 26.3 Å². The highest BCUT2D eigenvalue weighted by Crippen LogP contribution is 2.20. The molecule has 4 N–H and O–H groups in total. The van der Waals surface area contributed by atoms with Gasteiger partial charge in [-0.1, -0.05) is 12.2 Å². The molecule has 0 aliphatic carbocycles. The molecule has 0 saturated carbocycles. The second-order valence-electron chi connectivity index (χ2n) is 3.02. The normalized spacial score (nSPS) is 17.1. The van der Waals surface area contributed by atoms with Crippen LogP contribution in [0.15, 0.2) is 12.2 Å². The Hall–Kier alpha value is -0.840. The average Bonchev–Trinajstić information content (AvgIpc) is 2.22. The maximum atomic E-state index is 12.4. The summed E-state index contributed by atoms with van der Waals surface area (Å²) in [6.07, 6.45) is -12.7. The van der Waals surface area contributed by atoms with Gasteiger partial charge in [0, 0.05) is 0 Å². The van der Waals surface area contributed by atoms with Crippen molar-refractivity contribution in [3.05, 3.63) is 12.2 Å². The summed E-state index contributed by atoms with van der Waals surface area (Å²) in [5.41, 5.74) is 8.51. The van der Waals surface area contributed by atoms with Crippen LogP contribution in [-0.4, -0.2) is 38.0 Å². The molecule has 0 heterocycles. The lowest BCUT2D eigenvalue weighted by atomic mass is 10.5. The number of nitrogens with two attached hydrogens (primary N) is 2. The summed E-state index contributed by atoms with van der Waals surface area (Å²) in [5.74, 6) is 0. The van der Waals surface area contributed by atoms with Crippen LogP contribution in [0.4, 0.5) is 26.3 Å². The molecule has 2 unspecified atom stereocenters. The van der Waals surface area contributed by atoms with Gasteiger partial charge < -0.3 is 9.47 Å². The van der Waals surface area contributed by atoms with Gasteiger partial charge in [0.1, 0.15) is 0 Å². The molecule has 0 bridgehead atoms. The number of ether oxygens (including phenoxy) is 2. The van der Waals surface area contributed by atoms with Crippen LogP contribution in [0.3, 0.4) is 0 Å². The fourth-order valence-electron chi connectivity index (χ4n) is 0.614. The van der Waals surface area contributed by atoms with Gasteiger partial charge in [-0.3, -0.25) is 11.5 Å². The summed E-state index contributed by atoms with van der Waals surface area (Å²) in [6.45, 7) is -1.58. The number of halogens is 6. The third-order valence-corrected chi connectivity index (χ3v) is 1.55. The monoisotopic (exact) mass is 282 g/mol. The maximum absolute atomic E-state index is 12.4. The first-order valence-corrected chi connectivity index (χ1v) is 4.57. The van der Waals surface area contributed by atoms with E-state index in [0.29, 0.717) is 0 Å². The van der Waals surface area contributed by atoms with Crippen LogP contribution in [0.5, 0.6) is 0 Å². The Morgan fingerprint density at radius 1 is 0.833 bits per heavy atom. The Morgan fingerprint density at radius 3 is 1.33 bits per heavy atom. The van der Waals surface area contributed by atoms with Crippen LogP contribution < -0.4 is 11.5 Å². The van der Waals surface area contributed by atoms with Crippen LogP contribution >= 0.6 is 0 Å². The third-order valence-electron chi connectivity index (χ3n) is 1.55. The van der Waals surface area contributed by atoms with Crippen LogP contribution in [0, 0.1) is 0 Å². The Labute approximate surface area is 98.5 Å². The van der Waals surface area contributed by atoms with Crippen molar-refractivity contribution in [2.45, 2.75) is 24.8 Å².